The average Bonchev–Trinajstić information content (AvgIpc) is 3.69. The summed E-state index contributed by atoms with van der Waals surface area (Å²) in [4.78, 5) is 33.9. The van der Waals surface area contributed by atoms with Gasteiger partial charge >= 0.3 is 11.9 Å². The van der Waals surface area contributed by atoms with Crippen LogP contribution >= 0.6 is 0 Å². The smallest absolute Gasteiger partial charge is 0.303 e. The van der Waals surface area contributed by atoms with Crippen molar-refractivity contribution in [2.75, 3.05) is 6.61 Å². The Morgan fingerprint density at radius 3 is 2.26 bits per heavy atom. The van der Waals surface area contributed by atoms with Crippen LogP contribution < -0.4 is 4.74 Å². The van der Waals surface area contributed by atoms with Gasteiger partial charge in [0.25, 0.3) is 0 Å². The molecule has 0 unspecified atom stereocenters. The van der Waals surface area contributed by atoms with Gasteiger partial charge in [0, 0.05) is 43.9 Å². The molecule has 4 heterocycles. The highest BCUT2D eigenvalue weighted by Crippen LogP contribution is 2.37. The predicted molar refractivity (Wildman–Crippen MR) is 169 cm³/mol. The number of fused-ring (bicyclic) bond motifs is 1. The van der Waals surface area contributed by atoms with Crippen molar-refractivity contribution in [2.24, 2.45) is 11.8 Å². The Kier molecular flexibility index (Phi) is 9.16. The van der Waals surface area contributed by atoms with Crippen molar-refractivity contribution in [3.8, 4) is 17.1 Å². The van der Waals surface area contributed by atoms with E-state index >= 15 is 0 Å². The normalized spacial score (nSPS) is 21.2. The number of hydrogen-bond donors (Lipinski definition) is 0. The zero-order valence-electron chi connectivity index (χ0n) is 26.3. The Bertz CT molecular complexity index is 1790. The second-order valence-electron chi connectivity index (χ2n) is 11.7. The molecule has 5 atom stereocenters. The molecule has 10 heteroatoms. The summed E-state index contributed by atoms with van der Waals surface area (Å²) in [5, 5.41) is 0. The number of carbonyl (C=O) groups is 2. The number of hydrogen-bond acceptors (Lipinski definition) is 9. The SMILES string of the molecule is CC(=O)OC[C@H]1O[C@@H](Oc2c(Cc3ccco3)nc3c(Cc4ccccc4)nc(-c4ccccc4)cn23)[C@H](C)[C@@H](C)[C@H]1OC(C)=O. The number of esters is 2. The molecule has 10 nitrogen and oxygen atoms in total. The monoisotopic (exact) mass is 623 g/mol. The number of rotatable bonds is 10. The quantitative estimate of drug-likeness (QED) is 0.172. The van der Waals surface area contributed by atoms with E-state index in [1.807, 2.05) is 85.1 Å². The number of nitrogens with zero attached hydrogens (tertiary/aromatic N) is 3. The first kappa shape index (κ1) is 31.0. The lowest BCUT2D eigenvalue weighted by atomic mass is 9.84. The predicted octanol–water partition coefficient (Wildman–Crippen LogP) is 6.04. The number of benzene rings is 2. The van der Waals surface area contributed by atoms with Crippen LogP contribution in [0.1, 0.15) is 50.4 Å². The molecule has 0 radical (unpaired) electrons. The minimum absolute atomic E-state index is 0.0834. The molecular formula is C36H37N3O7. The molecule has 0 N–H and O–H groups in total. The molecule has 6 rings (SSSR count). The fourth-order valence-corrected chi connectivity index (χ4v) is 5.82. The number of ether oxygens (including phenoxy) is 4. The molecule has 0 aliphatic carbocycles. The van der Waals surface area contributed by atoms with Gasteiger partial charge in [-0.25, -0.2) is 9.97 Å². The van der Waals surface area contributed by atoms with Crippen molar-refractivity contribution >= 4 is 17.6 Å². The Morgan fingerprint density at radius 2 is 1.59 bits per heavy atom. The molecule has 1 aliphatic rings. The minimum Gasteiger partial charge on any atom is -0.469 e. The van der Waals surface area contributed by atoms with Gasteiger partial charge in [0.05, 0.1) is 24.1 Å². The van der Waals surface area contributed by atoms with Crippen LogP contribution in [0.5, 0.6) is 5.88 Å². The molecule has 46 heavy (non-hydrogen) atoms. The molecular weight excluding hydrogens is 586 g/mol. The molecule has 2 aromatic carbocycles. The molecule has 0 amide bonds. The van der Waals surface area contributed by atoms with Gasteiger partial charge in [0.15, 0.2) is 5.65 Å². The minimum atomic E-state index is -0.775. The highest BCUT2D eigenvalue weighted by Gasteiger charge is 2.45. The molecule has 1 saturated heterocycles. The molecule has 1 fully saturated rings. The largest absolute Gasteiger partial charge is 0.469 e. The van der Waals surface area contributed by atoms with Crippen LogP contribution in [0.4, 0.5) is 0 Å². The van der Waals surface area contributed by atoms with Crippen molar-refractivity contribution in [2.45, 2.75) is 59.0 Å². The molecule has 0 saturated carbocycles. The Balaban J connectivity index is 1.46. The topological polar surface area (TPSA) is 114 Å². The molecule has 3 aromatic heterocycles. The highest BCUT2D eigenvalue weighted by atomic mass is 16.7. The fraction of sp³-hybridized carbons (Fsp3) is 0.333. The van der Waals surface area contributed by atoms with Crippen LogP contribution in [0, 0.1) is 11.8 Å². The summed E-state index contributed by atoms with van der Waals surface area (Å²) in [7, 11) is 0. The summed E-state index contributed by atoms with van der Waals surface area (Å²) in [6.07, 6.45) is 2.37. The van der Waals surface area contributed by atoms with Gasteiger partial charge < -0.3 is 23.4 Å². The number of aromatic nitrogens is 3. The van der Waals surface area contributed by atoms with Gasteiger partial charge in [0.1, 0.15) is 30.3 Å². The van der Waals surface area contributed by atoms with E-state index < -0.39 is 30.4 Å². The van der Waals surface area contributed by atoms with Gasteiger partial charge in [-0.05, 0) is 17.7 Å². The third-order valence-corrected chi connectivity index (χ3v) is 8.34. The first-order chi connectivity index (χ1) is 22.3. The van der Waals surface area contributed by atoms with Gasteiger partial charge in [-0.1, -0.05) is 74.5 Å². The Hall–Kier alpha value is -4.96. The van der Waals surface area contributed by atoms with E-state index in [1.165, 1.54) is 13.8 Å². The summed E-state index contributed by atoms with van der Waals surface area (Å²) in [6.45, 7) is 6.56. The molecule has 238 valence electrons. The van der Waals surface area contributed by atoms with Crippen LogP contribution in [-0.2, 0) is 36.6 Å². The first-order valence-electron chi connectivity index (χ1n) is 15.4. The van der Waals surface area contributed by atoms with Crippen molar-refractivity contribution in [1.82, 2.24) is 14.4 Å². The number of carbonyl (C=O) groups excluding carboxylic acids is 2. The van der Waals surface area contributed by atoms with Crippen LogP contribution in [0.2, 0.25) is 0 Å². The maximum absolute atomic E-state index is 12.0. The van der Waals surface area contributed by atoms with Crippen molar-refractivity contribution in [1.29, 1.82) is 0 Å². The van der Waals surface area contributed by atoms with E-state index in [0.29, 0.717) is 30.1 Å². The summed E-state index contributed by atoms with van der Waals surface area (Å²) in [5.41, 5.74) is 4.91. The molecule has 5 aromatic rings. The molecule has 0 bridgehead atoms. The van der Waals surface area contributed by atoms with Crippen LogP contribution in [0.3, 0.4) is 0 Å². The lowest BCUT2D eigenvalue weighted by molar-refractivity contribution is -0.248. The van der Waals surface area contributed by atoms with Crippen LogP contribution in [-0.4, -0.2) is 51.4 Å². The van der Waals surface area contributed by atoms with Crippen LogP contribution in [0.15, 0.2) is 89.7 Å². The number of furan rings is 1. The van der Waals surface area contributed by atoms with E-state index in [4.69, 9.17) is 33.3 Å². The van der Waals surface area contributed by atoms with E-state index in [2.05, 4.69) is 12.1 Å². The Labute approximate surface area is 267 Å². The third-order valence-electron chi connectivity index (χ3n) is 8.34. The summed E-state index contributed by atoms with van der Waals surface area (Å²) in [6, 6.07) is 23.8. The van der Waals surface area contributed by atoms with Gasteiger partial charge in [-0.2, -0.15) is 0 Å². The fourth-order valence-electron chi connectivity index (χ4n) is 5.82. The lowest BCUT2D eigenvalue weighted by Gasteiger charge is -2.43. The van der Waals surface area contributed by atoms with Crippen molar-refractivity contribution in [3.05, 3.63) is 108 Å². The van der Waals surface area contributed by atoms with Crippen LogP contribution in [0.25, 0.3) is 16.9 Å². The molecule has 0 spiro atoms. The molecule has 1 aliphatic heterocycles. The van der Waals surface area contributed by atoms with E-state index in [1.54, 1.807) is 6.26 Å². The number of imidazole rings is 1. The second kappa shape index (κ2) is 13.6. The first-order valence-corrected chi connectivity index (χ1v) is 15.4. The average molecular weight is 624 g/mol. The van der Waals surface area contributed by atoms with E-state index in [9.17, 15) is 9.59 Å². The highest BCUT2D eigenvalue weighted by molar-refractivity contribution is 5.67. The van der Waals surface area contributed by atoms with Crippen molar-refractivity contribution in [3.63, 3.8) is 0 Å². The second-order valence-corrected chi connectivity index (χ2v) is 11.7. The zero-order chi connectivity index (χ0) is 32.2. The standard InChI is InChI=1S/C36H37N3O7/c1-22-23(2)36(45-32(21-43-24(3)40)33(22)44-25(4)41)46-35-30(19-28-16-11-17-42-28)38-34-29(18-26-12-7-5-8-13-26)37-31(20-39(34)35)27-14-9-6-10-15-27/h5-17,20,22-23,32-33,36H,18-19,21H2,1-4H3/t22-,23-,32-,33-,36+/m1/s1. The van der Waals surface area contributed by atoms with Crippen molar-refractivity contribution < 1.29 is 33.0 Å². The van der Waals surface area contributed by atoms with E-state index in [-0.39, 0.29) is 18.4 Å². The van der Waals surface area contributed by atoms with Gasteiger partial charge in [0.2, 0.25) is 12.2 Å². The lowest BCUT2D eigenvalue weighted by Crippen LogP contribution is -2.54. The summed E-state index contributed by atoms with van der Waals surface area (Å²) in [5.74, 6) is -0.0629. The zero-order valence-corrected chi connectivity index (χ0v) is 26.3. The van der Waals surface area contributed by atoms with E-state index in [0.717, 1.165) is 28.3 Å². The maximum atomic E-state index is 12.0. The third kappa shape index (κ3) is 6.82. The summed E-state index contributed by atoms with van der Waals surface area (Å²) < 4.78 is 31.8. The maximum Gasteiger partial charge on any atom is 0.303 e. The van der Waals surface area contributed by atoms with Gasteiger partial charge in [-0.15, -0.1) is 0 Å². The Morgan fingerprint density at radius 1 is 0.848 bits per heavy atom. The summed E-state index contributed by atoms with van der Waals surface area (Å²) >= 11 is 0. The van der Waals surface area contributed by atoms with Gasteiger partial charge in [-0.3, -0.25) is 14.0 Å².